The van der Waals surface area contributed by atoms with Crippen molar-refractivity contribution in [1.29, 1.82) is 0 Å². The lowest BCUT2D eigenvalue weighted by atomic mass is 10.1. The van der Waals surface area contributed by atoms with Crippen LogP contribution in [0.4, 0.5) is 5.69 Å². The van der Waals surface area contributed by atoms with Crippen molar-refractivity contribution in [3.63, 3.8) is 0 Å². The largest absolute Gasteiger partial charge is 0.366 e. The van der Waals surface area contributed by atoms with E-state index in [1.54, 1.807) is 0 Å². The molecule has 0 unspecified atom stereocenters. The Morgan fingerprint density at radius 2 is 1.90 bits per heavy atom. The third kappa shape index (κ3) is 3.81. The molecule has 0 saturated heterocycles. The zero-order valence-electron chi connectivity index (χ0n) is 12.3. The summed E-state index contributed by atoms with van der Waals surface area (Å²) in [6.45, 7) is 8.07. The van der Waals surface area contributed by atoms with Gasteiger partial charge < -0.3 is 10.2 Å². The topological polar surface area (TPSA) is 28.2 Å². The monoisotopic (exact) mass is 269 g/mol. The van der Waals surface area contributed by atoms with E-state index in [0.29, 0.717) is 0 Å². The van der Waals surface area contributed by atoms with Gasteiger partial charge in [-0.05, 0) is 30.7 Å². The Bertz CT molecular complexity index is 511. The fraction of sp³-hybridized carbons (Fsp3) is 0.353. The number of anilines is 1. The average Bonchev–Trinajstić information content (AvgIpc) is 2.52. The Balaban J connectivity index is 2.18. The van der Waals surface area contributed by atoms with Gasteiger partial charge >= 0.3 is 0 Å². The lowest BCUT2D eigenvalue weighted by Gasteiger charge is -2.25. The second-order valence-corrected chi connectivity index (χ2v) is 4.78. The Labute approximate surface area is 121 Å². The van der Waals surface area contributed by atoms with Crippen molar-refractivity contribution >= 4 is 5.69 Å². The molecular formula is C17H23N3. The molecule has 0 saturated carbocycles. The number of rotatable bonds is 7. The highest BCUT2D eigenvalue weighted by molar-refractivity contribution is 5.52. The zero-order valence-corrected chi connectivity index (χ0v) is 12.3. The van der Waals surface area contributed by atoms with E-state index in [1.165, 1.54) is 16.8 Å². The first-order chi connectivity index (χ1) is 9.85. The number of pyridine rings is 1. The van der Waals surface area contributed by atoms with E-state index in [4.69, 9.17) is 0 Å². The molecule has 20 heavy (non-hydrogen) atoms. The quantitative estimate of drug-likeness (QED) is 0.836. The number of hydrogen-bond acceptors (Lipinski definition) is 3. The lowest BCUT2D eigenvalue weighted by molar-refractivity contribution is 0.717. The summed E-state index contributed by atoms with van der Waals surface area (Å²) in [6.07, 6.45) is 3.84. The van der Waals surface area contributed by atoms with E-state index >= 15 is 0 Å². The number of hydrogen-bond donors (Lipinski definition) is 1. The molecule has 0 bridgehead atoms. The van der Waals surface area contributed by atoms with Crippen LogP contribution < -0.4 is 10.2 Å². The van der Waals surface area contributed by atoms with Crippen LogP contribution in [0.5, 0.6) is 0 Å². The van der Waals surface area contributed by atoms with Crippen molar-refractivity contribution in [1.82, 2.24) is 10.3 Å². The van der Waals surface area contributed by atoms with Crippen LogP contribution >= 0.6 is 0 Å². The number of nitrogens with zero attached hydrogens (tertiary/aromatic N) is 2. The van der Waals surface area contributed by atoms with Gasteiger partial charge in [-0.1, -0.05) is 37.3 Å². The van der Waals surface area contributed by atoms with Gasteiger partial charge in [-0.15, -0.1) is 0 Å². The van der Waals surface area contributed by atoms with Crippen molar-refractivity contribution in [2.24, 2.45) is 0 Å². The van der Waals surface area contributed by atoms with Gasteiger partial charge in [0.05, 0.1) is 11.9 Å². The minimum absolute atomic E-state index is 0.889. The smallest absolute Gasteiger partial charge is 0.0601 e. The summed E-state index contributed by atoms with van der Waals surface area (Å²) in [6, 6.07) is 12.7. The Morgan fingerprint density at radius 1 is 1.10 bits per heavy atom. The van der Waals surface area contributed by atoms with Gasteiger partial charge in [0.2, 0.25) is 0 Å². The van der Waals surface area contributed by atoms with Crippen molar-refractivity contribution in [3.05, 3.63) is 59.9 Å². The Kier molecular flexibility index (Phi) is 5.56. The zero-order chi connectivity index (χ0) is 14.2. The minimum Gasteiger partial charge on any atom is -0.366 e. The van der Waals surface area contributed by atoms with E-state index in [9.17, 15) is 0 Å². The minimum atomic E-state index is 0.889. The van der Waals surface area contributed by atoms with Crippen molar-refractivity contribution < 1.29 is 0 Å². The van der Waals surface area contributed by atoms with Gasteiger partial charge in [0.15, 0.2) is 0 Å². The predicted octanol–water partition coefficient (Wildman–Crippen LogP) is 3.22. The third-order valence-electron chi connectivity index (χ3n) is 3.39. The molecule has 1 heterocycles. The standard InChI is InChI=1S/C17H23N3/c1-3-18-12-16-10-11-19-13-17(16)20(4-2)14-15-8-6-5-7-9-15/h5-11,13,18H,3-4,12,14H2,1-2H3. The predicted molar refractivity (Wildman–Crippen MR) is 84.8 cm³/mol. The van der Waals surface area contributed by atoms with E-state index in [-0.39, 0.29) is 0 Å². The highest BCUT2D eigenvalue weighted by Gasteiger charge is 2.10. The summed E-state index contributed by atoms with van der Waals surface area (Å²) in [4.78, 5) is 6.66. The summed E-state index contributed by atoms with van der Waals surface area (Å²) in [5.74, 6) is 0. The summed E-state index contributed by atoms with van der Waals surface area (Å²) in [7, 11) is 0. The van der Waals surface area contributed by atoms with E-state index in [2.05, 4.69) is 65.4 Å². The van der Waals surface area contributed by atoms with Gasteiger partial charge in [0.1, 0.15) is 0 Å². The van der Waals surface area contributed by atoms with Crippen LogP contribution in [0.25, 0.3) is 0 Å². The van der Waals surface area contributed by atoms with Gasteiger partial charge in [-0.25, -0.2) is 0 Å². The first-order valence-corrected chi connectivity index (χ1v) is 7.27. The average molecular weight is 269 g/mol. The highest BCUT2D eigenvalue weighted by Crippen LogP contribution is 2.21. The summed E-state index contributed by atoms with van der Waals surface area (Å²) in [5.41, 5.74) is 3.85. The summed E-state index contributed by atoms with van der Waals surface area (Å²) < 4.78 is 0. The highest BCUT2D eigenvalue weighted by atomic mass is 15.1. The van der Waals surface area contributed by atoms with Crippen molar-refractivity contribution in [2.75, 3.05) is 18.0 Å². The number of benzene rings is 1. The molecule has 3 nitrogen and oxygen atoms in total. The third-order valence-corrected chi connectivity index (χ3v) is 3.39. The first-order valence-electron chi connectivity index (χ1n) is 7.27. The van der Waals surface area contributed by atoms with E-state index in [0.717, 1.165) is 26.2 Å². The SMILES string of the molecule is CCNCc1ccncc1N(CC)Cc1ccccc1. The van der Waals surface area contributed by atoms with E-state index in [1.807, 2.05) is 12.4 Å². The van der Waals surface area contributed by atoms with Crippen LogP contribution in [0.2, 0.25) is 0 Å². The van der Waals surface area contributed by atoms with Crippen LogP contribution in [0.1, 0.15) is 25.0 Å². The maximum atomic E-state index is 4.29. The summed E-state index contributed by atoms with van der Waals surface area (Å²) >= 11 is 0. The van der Waals surface area contributed by atoms with Crippen LogP contribution in [-0.2, 0) is 13.1 Å². The molecule has 0 aliphatic heterocycles. The molecule has 2 aromatic rings. The van der Waals surface area contributed by atoms with Crippen LogP contribution in [0.15, 0.2) is 48.8 Å². The molecule has 0 atom stereocenters. The van der Waals surface area contributed by atoms with Gasteiger partial charge in [-0.3, -0.25) is 4.98 Å². The molecule has 0 radical (unpaired) electrons. The maximum absolute atomic E-state index is 4.29. The van der Waals surface area contributed by atoms with Crippen molar-refractivity contribution in [3.8, 4) is 0 Å². The van der Waals surface area contributed by atoms with Gasteiger partial charge in [0.25, 0.3) is 0 Å². The molecule has 0 amide bonds. The lowest BCUT2D eigenvalue weighted by Crippen LogP contribution is -2.25. The molecule has 106 valence electrons. The van der Waals surface area contributed by atoms with Crippen LogP contribution in [0, 0.1) is 0 Å². The molecule has 0 spiro atoms. The van der Waals surface area contributed by atoms with Gasteiger partial charge in [-0.2, -0.15) is 0 Å². The molecule has 0 fully saturated rings. The summed E-state index contributed by atoms with van der Waals surface area (Å²) in [5, 5.41) is 3.39. The molecule has 3 heteroatoms. The fourth-order valence-corrected chi connectivity index (χ4v) is 2.28. The second-order valence-electron chi connectivity index (χ2n) is 4.78. The molecule has 1 aromatic carbocycles. The van der Waals surface area contributed by atoms with Crippen LogP contribution in [0.3, 0.4) is 0 Å². The first kappa shape index (κ1) is 14.5. The maximum Gasteiger partial charge on any atom is 0.0601 e. The second kappa shape index (κ2) is 7.65. The Hall–Kier alpha value is -1.87. The molecule has 0 aliphatic carbocycles. The van der Waals surface area contributed by atoms with Crippen LogP contribution in [-0.4, -0.2) is 18.1 Å². The molecule has 0 aliphatic rings. The molecule has 1 N–H and O–H groups in total. The van der Waals surface area contributed by atoms with E-state index < -0.39 is 0 Å². The fourth-order valence-electron chi connectivity index (χ4n) is 2.28. The molecule has 2 rings (SSSR count). The number of nitrogens with one attached hydrogen (secondary N) is 1. The molecule has 1 aromatic heterocycles. The van der Waals surface area contributed by atoms with Crippen molar-refractivity contribution in [2.45, 2.75) is 26.9 Å². The normalized spacial score (nSPS) is 10.5. The molecular weight excluding hydrogens is 246 g/mol. The van der Waals surface area contributed by atoms with Gasteiger partial charge in [0, 0.05) is 25.8 Å². The Morgan fingerprint density at radius 3 is 2.60 bits per heavy atom. The number of aromatic nitrogens is 1.